The lowest BCUT2D eigenvalue weighted by atomic mass is 9.82. The number of para-hydroxylation sites is 1. The van der Waals surface area contributed by atoms with Gasteiger partial charge in [-0.2, -0.15) is 0 Å². The van der Waals surface area contributed by atoms with Gasteiger partial charge < -0.3 is 15.2 Å². The van der Waals surface area contributed by atoms with Crippen LogP contribution in [0, 0.1) is 18.8 Å². The normalized spacial score (nSPS) is 21.9. The zero-order chi connectivity index (χ0) is 13.8. The second-order valence-electron chi connectivity index (χ2n) is 4.78. The monoisotopic (exact) mass is 258 g/mol. The fourth-order valence-corrected chi connectivity index (χ4v) is 2.30. The first-order chi connectivity index (χ1) is 9.09. The van der Waals surface area contributed by atoms with Crippen molar-refractivity contribution in [1.82, 2.24) is 0 Å². The highest BCUT2D eigenvalue weighted by Crippen LogP contribution is 2.27. The molecule has 4 nitrogen and oxygen atoms in total. The minimum Gasteiger partial charge on any atom is -0.550 e. The maximum Gasteiger partial charge on any atom is 0.228 e. The van der Waals surface area contributed by atoms with Crippen LogP contribution in [0.4, 0.5) is 5.69 Å². The van der Waals surface area contributed by atoms with Crippen LogP contribution < -0.4 is 10.4 Å². The molecule has 0 aromatic heterocycles. The van der Waals surface area contributed by atoms with Crippen LogP contribution in [-0.4, -0.2) is 11.9 Å². The summed E-state index contributed by atoms with van der Waals surface area (Å²) in [4.78, 5) is 23.3. The highest BCUT2D eigenvalue weighted by atomic mass is 16.4. The van der Waals surface area contributed by atoms with Crippen molar-refractivity contribution in [3.63, 3.8) is 0 Å². The summed E-state index contributed by atoms with van der Waals surface area (Å²) < 4.78 is 0. The SMILES string of the molecule is Cc1ccccc1NC(=O)[C@H]1CC=CC[C@@H]1C(=O)[O-]. The van der Waals surface area contributed by atoms with Crippen molar-refractivity contribution in [3.8, 4) is 0 Å². The van der Waals surface area contributed by atoms with Gasteiger partial charge in [-0.1, -0.05) is 30.4 Å². The van der Waals surface area contributed by atoms with E-state index in [4.69, 9.17) is 0 Å². The molecule has 4 heteroatoms. The van der Waals surface area contributed by atoms with E-state index in [9.17, 15) is 14.7 Å². The van der Waals surface area contributed by atoms with Gasteiger partial charge in [-0.25, -0.2) is 0 Å². The quantitative estimate of drug-likeness (QED) is 0.830. The minimum absolute atomic E-state index is 0.257. The largest absolute Gasteiger partial charge is 0.550 e. The standard InChI is InChI=1S/C15H17NO3/c1-10-6-2-5-9-13(10)16-14(17)11-7-3-4-8-12(11)15(18)19/h2-6,9,11-12H,7-8H2,1H3,(H,16,17)(H,18,19)/p-1/t11-,12-/m0/s1. The molecule has 0 spiro atoms. The Morgan fingerprint density at radius 2 is 1.79 bits per heavy atom. The number of aliphatic carboxylic acids is 1. The Bertz CT molecular complexity index is 522. The molecule has 2 rings (SSSR count). The summed E-state index contributed by atoms with van der Waals surface area (Å²) >= 11 is 0. The van der Waals surface area contributed by atoms with Gasteiger partial charge in [0.25, 0.3) is 0 Å². The molecule has 0 unspecified atom stereocenters. The molecule has 1 N–H and O–H groups in total. The Hall–Kier alpha value is -2.10. The van der Waals surface area contributed by atoms with E-state index in [0.29, 0.717) is 12.8 Å². The number of aryl methyl sites for hydroxylation is 1. The van der Waals surface area contributed by atoms with E-state index in [1.807, 2.05) is 31.2 Å². The number of carboxylic acids is 1. The number of rotatable bonds is 3. The molecule has 1 aliphatic carbocycles. The second kappa shape index (κ2) is 5.69. The van der Waals surface area contributed by atoms with Gasteiger partial charge in [0.15, 0.2) is 0 Å². The fraction of sp³-hybridized carbons (Fsp3) is 0.333. The Labute approximate surface area is 112 Å². The Morgan fingerprint density at radius 1 is 1.16 bits per heavy atom. The predicted molar refractivity (Wildman–Crippen MR) is 70.2 cm³/mol. The van der Waals surface area contributed by atoms with E-state index in [1.54, 1.807) is 12.1 Å². The summed E-state index contributed by atoms with van der Waals surface area (Å²) in [7, 11) is 0. The molecule has 0 heterocycles. The lowest BCUT2D eigenvalue weighted by Crippen LogP contribution is -2.41. The van der Waals surface area contributed by atoms with E-state index in [0.717, 1.165) is 11.3 Å². The molecule has 0 radical (unpaired) electrons. The molecule has 19 heavy (non-hydrogen) atoms. The molecule has 100 valence electrons. The Morgan fingerprint density at radius 3 is 2.42 bits per heavy atom. The van der Waals surface area contributed by atoms with E-state index < -0.39 is 17.8 Å². The van der Waals surface area contributed by atoms with Gasteiger partial charge in [0.2, 0.25) is 5.91 Å². The van der Waals surface area contributed by atoms with Crippen molar-refractivity contribution in [3.05, 3.63) is 42.0 Å². The van der Waals surface area contributed by atoms with E-state index in [2.05, 4.69) is 5.32 Å². The molecular formula is C15H16NO3-. The number of amides is 1. The van der Waals surface area contributed by atoms with Crippen LogP contribution in [0.25, 0.3) is 0 Å². The highest BCUT2D eigenvalue weighted by molar-refractivity contribution is 5.95. The Balaban J connectivity index is 2.13. The molecule has 2 atom stereocenters. The van der Waals surface area contributed by atoms with Crippen LogP contribution in [0.15, 0.2) is 36.4 Å². The van der Waals surface area contributed by atoms with Gasteiger partial charge in [0, 0.05) is 17.6 Å². The van der Waals surface area contributed by atoms with Crippen molar-refractivity contribution in [1.29, 1.82) is 0 Å². The molecule has 0 bridgehead atoms. The summed E-state index contributed by atoms with van der Waals surface area (Å²) in [5.74, 6) is -2.72. The van der Waals surface area contributed by atoms with Crippen LogP contribution in [0.2, 0.25) is 0 Å². The first kappa shape index (κ1) is 13.3. The lowest BCUT2D eigenvalue weighted by molar-refractivity contribution is -0.313. The number of anilines is 1. The Kier molecular flexibility index (Phi) is 4.00. The lowest BCUT2D eigenvalue weighted by Gasteiger charge is -2.28. The first-order valence-corrected chi connectivity index (χ1v) is 6.32. The second-order valence-corrected chi connectivity index (χ2v) is 4.78. The van der Waals surface area contributed by atoms with Gasteiger partial charge in [0.1, 0.15) is 0 Å². The highest BCUT2D eigenvalue weighted by Gasteiger charge is 2.29. The third-order valence-corrected chi connectivity index (χ3v) is 3.47. The number of benzene rings is 1. The number of carbonyl (C=O) groups excluding carboxylic acids is 2. The van der Waals surface area contributed by atoms with Crippen molar-refractivity contribution in [2.75, 3.05) is 5.32 Å². The molecule has 1 amide bonds. The number of allylic oxidation sites excluding steroid dienone is 2. The molecule has 0 saturated heterocycles. The first-order valence-electron chi connectivity index (χ1n) is 6.32. The van der Waals surface area contributed by atoms with Gasteiger partial charge >= 0.3 is 0 Å². The molecule has 1 aromatic carbocycles. The van der Waals surface area contributed by atoms with E-state index in [1.165, 1.54) is 0 Å². The van der Waals surface area contributed by atoms with Gasteiger partial charge in [0.05, 0.1) is 5.92 Å². The van der Waals surface area contributed by atoms with E-state index >= 15 is 0 Å². The fourth-order valence-electron chi connectivity index (χ4n) is 2.30. The summed E-state index contributed by atoms with van der Waals surface area (Å²) in [6.45, 7) is 1.90. The third-order valence-electron chi connectivity index (χ3n) is 3.47. The number of hydrogen-bond acceptors (Lipinski definition) is 3. The molecule has 1 aliphatic rings. The van der Waals surface area contributed by atoms with Crippen LogP contribution in [-0.2, 0) is 9.59 Å². The molecular weight excluding hydrogens is 242 g/mol. The molecule has 1 aromatic rings. The number of carbonyl (C=O) groups is 2. The van der Waals surface area contributed by atoms with Crippen molar-refractivity contribution in [2.24, 2.45) is 11.8 Å². The molecule has 0 aliphatic heterocycles. The van der Waals surface area contributed by atoms with Crippen molar-refractivity contribution in [2.45, 2.75) is 19.8 Å². The van der Waals surface area contributed by atoms with Crippen LogP contribution >= 0.6 is 0 Å². The third kappa shape index (κ3) is 3.02. The van der Waals surface area contributed by atoms with Gasteiger partial charge in [-0.3, -0.25) is 4.79 Å². The number of nitrogens with one attached hydrogen (secondary N) is 1. The maximum atomic E-state index is 12.2. The zero-order valence-corrected chi connectivity index (χ0v) is 10.8. The van der Waals surface area contributed by atoms with Crippen molar-refractivity contribution < 1.29 is 14.7 Å². The molecule has 0 saturated carbocycles. The number of hydrogen-bond donors (Lipinski definition) is 1. The molecule has 0 fully saturated rings. The topological polar surface area (TPSA) is 69.2 Å². The predicted octanol–water partition coefficient (Wildman–Crippen LogP) is 1.27. The van der Waals surface area contributed by atoms with Crippen molar-refractivity contribution >= 4 is 17.6 Å². The van der Waals surface area contributed by atoms with Gasteiger partial charge in [-0.05, 0) is 31.4 Å². The van der Waals surface area contributed by atoms with Crippen LogP contribution in [0.3, 0.4) is 0 Å². The summed E-state index contributed by atoms with van der Waals surface area (Å²) in [5.41, 5.74) is 1.67. The minimum atomic E-state index is -1.16. The maximum absolute atomic E-state index is 12.2. The summed E-state index contributed by atoms with van der Waals surface area (Å²) in [6, 6.07) is 7.42. The number of carboxylic acid groups (broad SMARTS) is 1. The van der Waals surface area contributed by atoms with Gasteiger partial charge in [-0.15, -0.1) is 0 Å². The smallest absolute Gasteiger partial charge is 0.228 e. The van der Waals surface area contributed by atoms with Crippen LogP contribution in [0.1, 0.15) is 18.4 Å². The average molecular weight is 258 g/mol. The summed E-state index contributed by atoms with van der Waals surface area (Å²) in [5, 5.41) is 13.9. The summed E-state index contributed by atoms with van der Waals surface area (Å²) in [6.07, 6.45) is 4.43. The van der Waals surface area contributed by atoms with E-state index in [-0.39, 0.29) is 5.91 Å². The van der Waals surface area contributed by atoms with Crippen LogP contribution in [0.5, 0.6) is 0 Å². The average Bonchev–Trinajstić information content (AvgIpc) is 2.41. The zero-order valence-electron chi connectivity index (χ0n) is 10.8.